The molecule has 3 aromatic rings. The van der Waals surface area contributed by atoms with Gasteiger partial charge in [-0.3, -0.25) is 9.59 Å². The molecule has 158 valence electrons. The van der Waals surface area contributed by atoms with Crippen LogP contribution in [0.25, 0.3) is 5.82 Å². The Kier molecular flexibility index (Phi) is 6.95. The number of nitrogens with one attached hydrogen (secondary N) is 2. The minimum absolute atomic E-state index is 0.0438. The summed E-state index contributed by atoms with van der Waals surface area (Å²) < 4.78 is 1.65. The summed E-state index contributed by atoms with van der Waals surface area (Å²) in [6, 6.07) is 9.27. The fraction of sp³-hybridized carbons (Fsp3) is 0.150. The number of hydrogen-bond acceptors (Lipinski definition) is 5. The number of benzene rings is 1. The summed E-state index contributed by atoms with van der Waals surface area (Å²) in [5, 5.41) is 19.2. The lowest BCUT2D eigenvalue weighted by atomic mass is 10.1. The van der Waals surface area contributed by atoms with Crippen LogP contribution in [0.5, 0.6) is 0 Å². The number of carbonyl (C=O) groups is 2. The lowest BCUT2D eigenvalue weighted by Gasteiger charge is -2.15. The highest BCUT2D eigenvalue weighted by Gasteiger charge is 2.23. The molecule has 1 aromatic carbocycles. The van der Waals surface area contributed by atoms with Crippen LogP contribution in [0.1, 0.15) is 40.3 Å². The fourth-order valence-electron chi connectivity index (χ4n) is 2.70. The standard InChI is InChI=1S/C20H15BrCl2N6O2/c1-10(2)26-19(30)12-6-11(9-24)7-14(23)17(12)27-20(31)15-8-16(21)28-29(15)18-13(22)4-3-5-25-18/h3-8,10H,1-2H3,(H,26,30)(H,27,31). The van der Waals surface area contributed by atoms with Gasteiger partial charge in [-0.15, -0.1) is 0 Å². The quantitative estimate of drug-likeness (QED) is 0.509. The summed E-state index contributed by atoms with van der Waals surface area (Å²) in [6.45, 7) is 3.58. The van der Waals surface area contributed by atoms with Crippen molar-refractivity contribution in [1.29, 1.82) is 5.26 Å². The van der Waals surface area contributed by atoms with E-state index in [1.807, 2.05) is 6.07 Å². The average molecular weight is 522 g/mol. The molecule has 0 aliphatic carbocycles. The van der Waals surface area contributed by atoms with Gasteiger partial charge in [0.05, 0.1) is 32.9 Å². The number of halogens is 3. The van der Waals surface area contributed by atoms with E-state index in [9.17, 15) is 14.9 Å². The Morgan fingerprint density at radius 3 is 2.58 bits per heavy atom. The van der Waals surface area contributed by atoms with E-state index < -0.39 is 11.8 Å². The number of anilines is 1. The summed E-state index contributed by atoms with van der Waals surface area (Å²) in [6.07, 6.45) is 1.52. The molecule has 0 bridgehead atoms. The number of nitrogens with zero attached hydrogens (tertiary/aromatic N) is 4. The molecule has 0 fully saturated rings. The van der Waals surface area contributed by atoms with E-state index in [4.69, 9.17) is 23.2 Å². The third-order valence-electron chi connectivity index (χ3n) is 3.97. The van der Waals surface area contributed by atoms with Crippen molar-refractivity contribution in [3.8, 4) is 11.9 Å². The molecular formula is C20H15BrCl2N6O2. The molecular weight excluding hydrogens is 507 g/mol. The Balaban J connectivity index is 2.05. The zero-order valence-corrected chi connectivity index (χ0v) is 19.4. The summed E-state index contributed by atoms with van der Waals surface area (Å²) in [7, 11) is 0. The van der Waals surface area contributed by atoms with Crippen molar-refractivity contribution in [3.05, 3.63) is 68.0 Å². The van der Waals surface area contributed by atoms with Gasteiger partial charge in [0.2, 0.25) is 0 Å². The first kappa shape index (κ1) is 22.7. The van der Waals surface area contributed by atoms with Crippen LogP contribution in [-0.2, 0) is 0 Å². The van der Waals surface area contributed by atoms with Gasteiger partial charge >= 0.3 is 0 Å². The first-order chi connectivity index (χ1) is 14.7. The number of rotatable bonds is 5. The predicted octanol–water partition coefficient (Wildman–Crippen LogP) is 4.60. The number of amides is 2. The van der Waals surface area contributed by atoms with Gasteiger partial charge < -0.3 is 10.6 Å². The molecule has 31 heavy (non-hydrogen) atoms. The van der Waals surface area contributed by atoms with Crippen LogP contribution in [0.2, 0.25) is 10.0 Å². The van der Waals surface area contributed by atoms with Crippen molar-refractivity contribution < 1.29 is 9.59 Å². The maximum absolute atomic E-state index is 13.1. The summed E-state index contributed by atoms with van der Waals surface area (Å²) >= 11 is 15.8. The van der Waals surface area contributed by atoms with E-state index in [-0.39, 0.29) is 39.4 Å². The maximum Gasteiger partial charge on any atom is 0.274 e. The highest BCUT2D eigenvalue weighted by atomic mass is 79.9. The second-order valence-electron chi connectivity index (χ2n) is 6.65. The highest BCUT2D eigenvalue weighted by Crippen LogP contribution is 2.29. The minimum Gasteiger partial charge on any atom is -0.350 e. The first-order valence-corrected chi connectivity index (χ1v) is 10.5. The molecule has 2 N–H and O–H groups in total. The molecule has 0 unspecified atom stereocenters. The topological polar surface area (TPSA) is 113 Å². The van der Waals surface area contributed by atoms with E-state index in [0.29, 0.717) is 9.63 Å². The summed E-state index contributed by atoms with van der Waals surface area (Å²) in [5.41, 5.74) is 0.417. The molecule has 11 heteroatoms. The van der Waals surface area contributed by atoms with Crippen LogP contribution in [0.3, 0.4) is 0 Å². The molecule has 0 saturated heterocycles. The van der Waals surface area contributed by atoms with E-state index >= 15 is 0 Å². The normalized spacial score (nSPS) is 10.6. The molecule has 2 aromatic heterocycles. The van der Waals surface area contributed by atoms with Gasteiger partial charge in [-0.25, -0.2) is 9.67 Å². The van der Waals surface area contributed by atoms with Crippen LogP contribution < -0.4 is 10.6 Å². The van der Waals surface area contributed by atoms with E-state index in [2.05, 4.69) is 36.6 Å². The molecule has 8 nitrogen and oxygen atoms in total. The molecule has 3 rings (SSSR count). The number of carbonyl (C=O) groups excluding carboxylic acids is 2. The third kappa shape index (κ3) is 5.05. The summed E-state index contributed by atoms with van der Waals surface area (Å²) in [4.78, 5) is 30.0. The Morgan fingerprint density at radius 2 is 1.94 bits per heavy atom. The maximum atomic E-state index is 13.1. The van der Waals surface area contributed by atoms with Crippen LogP contribution in [-0.4, -0.2) is 32.6 Å². The van der Waals surface area contributed by atoms with Crippen molar-refractivity contribution in [2.75, 3.05) is 5.32 Å². The van der Waals surface area contributed by atoms with E-state index in [1.54, 1.807) is 26.0 Å². The van der Waals surface area contributed by atoms with Gasteiger partial charge in [-0.05, 0) is 54.0 Å². The largest absolute Gasteiger partial charge is 0.350 e. The lowest BCUT2D eigenvalue weighted by Crippen LogP contribution is -2.31. The summed E-state index contributed by atoms with van der Waals surface area (Å²) in [5.74, 6) is -0.833. The third-order valence-corrected chi connectivity index (χ3v) is 4.95. The fourth-order valence-corrected chi connectivity index (χ4v) is 3.55. The first-order valence-electron chi connectivity index (χ1n) is 8.93. The van der Waals surface area contributed by atoms with Crippen molar-refractivity contribution in [1.82, 2.24) is 20.1 Å². The average Bonchev–Trinajstić information content (AvgIpc) is 3.10. The van der Waals surface area contributed by atoms with E-state index in [1.165, 1.54) is 29.1 Å². The van der Waals surface area contributed by atoms with Crippen molar-refractivity contribution in [2.24, 2.45) is 0 Å². The Morgan fingerprint density at radius 1 is 1.19 bits per heavy atom. The van der Waals surface area contributed by atoms with Crippen LogP contribution in [0.4, 0.5) is 5.69 Å². The van der Waals surface area contributed by atoms with Gasteiger partial charge in [-0.1, -0.05) is 23.2 Å². The van der Waals surface area contributed by atoms with Crippen LogP contribution >= 0.6 is 39.1 Å². The molecule has 0 radical (unpaired) electrons. The molecule has 0 saturated carbocycles. The van der Waals surface area contributed by atoms with Crippen molar-refractivity contribution in [2.45, 2.75) is 19.9 Å². The van der Waals surface area contributed by atoms with Gasteiger partial charge in [0.15, 0.2) is 5.82 Å². The molecule has 0 aliphatic rings. The number of hydrogen-bond donors (Lipinski definition) is 2. The van der Waals surface area contributed by atoms with Gasteiger partial charge in [0, 0.05) is 18.3 Å². The van der Waals surface area contributed by atoms with Crippen molar-refractivity contribution >= 4 is 56.6 Å². The monoisotopic (exact) mass is 520 g/mol. The Hall–Kier alpha value is -2.93. The van der Waals surface area contributed by atoms with Gasteiger partial charge in [-0.2, -0.15) is 10.4 Å². The Labute approximate surface area is 196 Å². The zero-order valence-electron chi connectivity index (χ0n) is 16.3. The lowest BCUT2D eigenvalue weighted by molar-refractivity contribution is 0.0944. The van der Waals surface area contributed by atoms with E-state index in [0.717, 1.165) is 0 Å². The van der Waals surface area contributed by atoms with Crippen LogP contribution in [0, 0.1) is 11.3 Å². The molecule has 0 atom stereocenters. The predicted molar refractivity (Wildman–Crippen MR) is 121 cm³/mol. The SMILES string of the molecule is CC(C)NC(=O)c1cc(C#N)cc(Cl)c1NC(=O)c1cc(Br)nn1-c1ncccc1Cl. The molecule has 2 amide bonds. The number of aromatic nitrogens is 3. The smallest absolute Gasteiger partial charge is 0.274 e. The second-order valence-corrected chi connectivity index (χ2v) is 8.27. The zero-order chi connectivity index (χ0) is 22.7. The van der Waals surface area contributed by atoms with Gasteiger partial charge in [0.25, 0.3) is 11.8 Å². The molecule has 2 heterocycles. The van der Waals surface area contributed by atoms with Gasteiger partial charge in [0.1, 0.15) is 10.3 Å². The number of pyridine rings is 1. The molecule has 0 aliphatic heterocycles. The second kappa shape index (κ2) is 9.47. The molecule has 0 spiro atoms. The minimum atomic E-state index is -0.606. The van der Waals surface area contributed by atoms with Crippen LogP contribution in [0.15, 0.2) is 41.1 Å². The van der Waals surface area contributed by atoms with Crippen molar-refractivity contribution in [3.63, 3.8) is 0 Å². The Bertz CT molecular complexity index is 1220. The highest BCUT2D eigenvalue weighted by molar-refractivity contribution is 9.10. The number of nitriles is 1.